The van der Waals surface area contributed by atoms with Crippen molar-refractivity contribution in [3.63, 3.8) is 0 Å². The Bertz CT molecular complexity index is 599. The fraction of sp³-hybridized carbons (Fsp3) is 0.333. The molecule has 106 valence electrons. The fourth-order valence-electron chi connectivity index (χ4n) is 1.97. The number of fused-ring (bicyclic) bond motifs is 1. The van der Waals surface area contributed by atoms with Gasteiger partial charge >= 0.3 is 5.97 Å². The number of aromatic nitrogens is 1. The molecule has 1 aromatic carbocycles. The van der Waals surface area contributed by atoms with Crippen LogP contribution in [0.4, 0.5) is 5.69 Å². The molecule has 0 unspecified atom stereocenters. The minimum Gasteiger partial charge on any atom is -0.477 e. The summed E-state index contributed by atoms with van der Waals surface area (Å²) >= 11 is 0. The van der Waals surface area contributed by atoms with Gasteiger partial charge in [0.05, 0.1) is 5.52 Å². The number of ether oxygens (including phenoxy) is 1. The van der Waals surface area contributed by atoms with Gasteiger partial charge in [0.1, 0.15) is 0 Å². The van der Waals surface area contributed by atoms with Gasteiger partial charge in [-0.1, -0.05) is 18.2 Å². The lowest BCUT2D eigenvalue weighted by Crippen LogP contribution is -2.08. The summed E-state index contributed by atoms with van der Waals surface area (Å²) < 4.78 is 5.27. The van der Waals surface area contributed by atoms with E-state index in [1.807, 2.05) is 31.2 Å². The molecule has 1 aromatic heterocycles. The third-order valence-electron chi connectivity index (χ3n) is 2.92. The van der Waals surface area contributed by atoms with Crippen LogP contribution in [0.5, 0.6) is 0 Å². The predicted molar refractivity (Wildman–Crippen MR) is 78.3 cm³/mol. The second-order valence-electron chi connectivity index (χ2n) is 4.35. The summed E-state index contributed by atoms with van der Waals surface area (Å²) in [5, 5.41) is 13.3. The summed E-state index contributed by atoms with van der Waals surface area (Å²) in [5.74, 6) is -1.02. The molecule has 1 heterocycles. The average molecular weight is 274 g/mol. The van der Waals surface area contributed by atoms with E-state index in [0.717, 1.165) is 24.0 Å². The van der Waals surface area contributed by atoms with Gasteiger partial charge in [-0.3, -0.25) is 0 Å². The Balaban J connectivity index is 2.19. The van der Waals surface area contributed by atoms with Crippen molar-refractivity contribution in [3.05, 3.63) is 36.0 Å². The number of carboxylic acids is 1. The largest absolute Gasteiger partial charge is 0.477 e. The molecule has 0 amide bonds. The van der Waals surface area contributed by atoms with Crippen LogP contribution in [-0.2, 0) is 4.74 Å². The molecule has 0 atom stereocenters. The van der Waals surface area contributed by atoms with Crippen LogP contribution in [0.15, 0.2) is 30.3 Å². The second-order valence-corrected chi connectivity index (χ2v) is 4.35. The summed E-state index contributed by atoms with van der Waals surface area (Å²) in [4.78, 5) is 15.2. The van der Waals surface area contributed by atoms with Crippen LogP contribution in [-0.4, -0.2) is 35.8 Å². The van der Waals surface area contributed by atoms with Gasteiger partial charge < -0.3 is 15.2 Å². The highest BCUT2D eigenvalue weighted by Gasteiger charge is 2.10. The van der Waals surface area contributed by atoms with E-state index in [0.29, 0.717) is 18.7 Å². The Morgan fingerprint density at radius 2 is 2.20 bits per heavy atom. The van der Waals surface area contributed by atoms with E-state index < -0.39 is 5.97 Å². The Labute approximate surface area is 117 Å². The Hall–Kier alpha value is -2.14. The van der Waals surface area contributed by atoms with Crippen molar-refractivity contribution in [1.82, 2.24) is 4.98 Å². The van der Waals surface area contributed by atoms with E-state index in [-0.39, 0.29) is 5.69 Å². The first-order chi connectivity index (χ1) is 9.72. The van der Waals surface area contributed by atoms with Gasteiger partial charge in [-0.2, -0.15) is 0 Å². The van der Waals surface area contributed by atoms with Crippen molar-refractivity contribution in [2.75, 3.05) is 25.1 Å². The highest BCUT2D eigenvalue weighted by molar-refractivity contribution is 5.97. The van der Waals surface area contributed by atoms with E-state index in [1.165, 1.54) is 0 Å². The van der Waals surface area contributed by atoms with Crippen molar-refractivity contribution in [3.8, 4) is 0 Å². The van der Waals surface area contributed by atoms with Gasteiger partial charge in [-0.05, 0) is 25.5 Å². The molecule has 2 aromatic rings. The molecule has 0 bridgehead atoms. The standard InChI is InChI=1S/C15H18N2O3/c1-2-20-9-5-8-16-13-10-14(15(18)19)17-12-7-4-3-6-11(12)13/h3-4,6-7,10H,2,5,8-9H2,1H3,(H,16,17)(H,18,19). The van der Waals surface area contributed by atoms with Crippen molar-refractivity contribution in [2.24, 2.45) is 0 Å². The van der Waals surface area contributed by atoms with Gasteiger partial charge in [0.15, 0.2) is 5.69 Å². The quantitative estimate of drug-likeness (QED) is 0.760. The predicted octanol–water partition coefficient (Wildman–Crippen LogP) is 2.77. The zero-order chi connectivity index (χ0) is 14.4. The third-order valence-corrected chi connectivity index (χ3v) is 2.92. The van der Waals surface area contributed by atoms with E-state index in [1.54, 1.807) is 6.07 Å². The van der Waals surface area contributed by atoms with Crippen LogP contribution in [0.2, 0.25) is 0 Å². The molecule has 0 aliphatic carbocycles. The van der Waals surface area contributed by atoms with Crippen molar-refractivity contribution >= 4 is 22.6 Å². The SMILES string of the molecule is CCOCCCNc1cc(C(=O)O)nc2ccccc12. The maximum atomic E-state index is 11.1. The van der Waals surface area contributed by atoms with Crippen molar-refractivity contribution < 1.29 is 14.6 Å². The lowest BCUT2D eigenvalue weighted by atomic mass is 10.1. The van der Waals surface area contributed by atoms with Crippen LogP contribution in [0.3, 0.4) is 0 Å². The smallest absolute Gasteiger partial charge is 0.354 e. The summed E-state index contributed by atoms with van der Waals surface area (Å²) in [6.07, 6.45) is 0.868. The monoisotopic (exact) mass is 274 g/mol. The summed E-state index contributed by atoms with van der Waals surface area (Å²) in [6, 6.07) is 9.08. The molecule has 2 N–H and O–H groups in total. The zero-order valence-electron chi connectivity index (χ0n) is 11.4. The number of aromatic carboxylic acids is 1. The van der Waals surface area contributed by atoms with Crippen LogP contribution in [0, 0.1) is 0 Å². The minimum atomic E-state index is -1.02. The van der Waals surface area contributed by atoms with E-state index >= 15 is 0 Å². The molecule has 2 rings (SSSR count). The number of carboxylic acid groups (broad SMARTS) is 1. The second kappa shape index (κ2) is 6.86. The number of benzene rings is 1. The molecule has 0 spiro atoms. The number of hydrogen-bond donors (Lipinski definition) is 2. The normalized spacial score (nSPS) is 10.7. The van der Waals surface area contributed by atoms with Crippen LogP contribution < -0.4 is 5.32 Å². The lowest BCUT2D eigenvalue weighted by molar-refractivity contribution is 0.0691. The molecule has 0 saturated heterocycles. The number of rotatable bonds is 7. The minimum absolute atomic E-state index is 0.0519. The first kappa shape index (κ1) is 14.3. The molecular weight excluding hydrogens is 256 g/mol. The third kappa shape index (κ3) is 3.45. The molecule has 5 nitrogen and oxygen atoms in total. The van der Waals surface area contributed by atoms with Crippen molar-refractivity contribution in [2.45, 2.75) is 13.3 Å². The molecule has 0 saturated carbocycles. The maximum Gasteiger partial charge on any atom is 0.354 e. The topological polar surface area (TPSA) is 71.5 Å². The number of para-hydroxylation sites is 1. The van der Waals surface area contributed by atoms with Gasteiger partial charge in [0.2, 0.25) is 0 Å². The van der Waals surface area contributed by atoms with Crippen LogP contribution >= 0.6 is 0 Å². The zero-order valence-corrected chi connectivity index (χ0v) is 11.4. The van der Waals surface area contributed by atoms with Crippen molar-refractivity contribution in [1.29, 1.82) is 0 Å². The van der Waals surface area contributed by atoms with Gasteiger partial charge in [-0.25, -0.2) is 9.78 Å². The molecule has 0 radical (unpaired) electrons. The summed E-state index contributed by atoms with van der Waals surface area (Å²) in [6.45, 7) is 4.09. The summed E-state index contributed by atoms with van der Waals surface area (Å²) in [5.41, 5.74) is 1.53. The van der Waals surface area contributed by atoms with E-state index in [9.17, 15) is 4.79 Å². The fourth-order valence-corrected chi connectivity index (χ4v) is 1.97. The summed E-state index contributed by atoms with van der Waals surface area (Å²) in [7, 11) is 0. The Morgan fingerprint density at radius 3 is 2.95 bits per heavy atom. The highest BCUT2D eigenvalue weighted by Crippen LogP contribution is 2.23. The molecular formula is C15H18N2O3. The van der Waals surface area contributed by atoms with E-state index in [4.69, 9.17) is 9.84 Å². The molecule has 20 heavy (non-hydrogen) atoms. The van der Waals surface area contributed by atoms with E-state index in [2.05, 4.69) is 10.3 Å². The highest BCUT2D eigenvalue weighted by atomic mass is 16.5. The molecule has 0 aliphatic heterocycles. The van der Waals surface area contributed by atoms with Gasteiger partial charge in [0.25, 0.3) is 0 Å². The Kier molecular flexibility index (Phi) is 4.90. The van der Waals surface area contributed by atoms with Crippen LogP contribution in [0.25, 0.3) is 10.9 Å². The first-order valence-corrected chi connectivity index (χ1v) is 6.67. The molecule has 0 aliphatic rings. The van der Waals surface area contributed by atoms with Gasteiger partial charge in [0, 0.05) is 30.8 Å². The van der Waals surface area contributed by atoms with Gasteiger partial charge in [-0.15, -0.1) is 0 Å². The molecule has 5 heteroatoms. The number of nitrogens with zero attached hydrogens (tertiary/aromatic N) is 1. The molecule has 0 fully saturated rings. The number of carbonyl (C=O) groups is 1. The first-order valence-electron chi connectivity index (χ1n) is 6.67. The average Bonchev–Trinajstić information content (AvgIpc) is 2.46. The number of nitrogens with one attached hydrogen (secondary N) is 1. The lowest BCUT2D eigenvalue weighted by Gasteiger charge is -2.10. The van der Waals surface area contributed by atoms with Crippen LogP contribution in [0.1, 0.15) is 23.8 Å². The Morgan fingerprint density at radius 1 is 1.40 bits per heavy atom. The maximum absolute atomic E-state index is 11.1. The number of hydrogen-bond acceptors (Lipinski definition) is 4. The number of anilines is 1. The number of pyridine rings is 1.